The van der Waals surface area contributed by atoms with Crippen molar-refractivity contribution in [2.45, 2.75) is 5.16 Å². The molecular weight excluding hydrogens is 387 g/mol. The van der Waals surface area contributed by atoms with Crippen LogP contribution in [0.5, 0.6) is 0 Å². The number of H-pyrrole nitrogens is 1. The number of para-hydroxylation sites is 1. The summed E-state index contributed by atoms with van der Waals surface area (Å²) in [5.41, 5.74) is 1.51. The molecule has 2 aromatic heterocycles. The number of nitrogens with one attached hydrogen (secondary N) is 2. The van der Waals surface area contributed by atoms with Gasteiger partial charge < -0.3 is 10.3 Å². The van der Waals surface area contributed by atoms with Gasteiger partial charge in [-0.25, -0.2) is 4.98 Å². The van der Waals surface area contributed by atoms with Crippen LogP contribution in [0.25, 0.3) is 22.1 Å². The van der Waals surface area contributed by atoms with E-state index in [1.165, 1.54) is 6.07 Å². The summed E-state index contributed by atoms with van der Waals surface area (Å²) in [6.45, 7) is 0. The lowest BCUT2D eigenvalue weighted by molar-refractivity contribution is -0.387. The van der Waals surface area contributed by atoms with Gasteiger partial charge in [-0.15, -0.1) is 10.2 Å². The van der Waals surface area contributed by atoms with Crippen LogP contribution in [0.3, 0.4) is 0 Å². The second-order valence-corrected chi connectivity index (χ2v) is 6.66. The van der Waals surface area contributed by atoms with Crippen LogP contribution in [-0.4, -0.2) is 36.7 Å². The van der Waals surface area contributed by atoms with Crippen molar-refractivity contribution in [1.29, 1.82) is 0 Å². The zero-order chi connectivity index (χ0) is 19.7. The Morgan fingerprint density at radius 1 is 1.25 bits per heavy atom. The number of anilines is 1. The predicted octanol–water partition coefficient (Wildman–Crippen LogP) is 3.28. The van der Waals surface area contributed by atoms with E-state index in [0.29, 0.717) is 16.3 Å². The van der Waals surface area contributed by atoms with Crippen LogP contribution in [0.2, 0.25) is 0 Å². The molecule has 4 aromatic rings. The zero-order valence-corrected chi connectivity index (χ0v) is 14.9. The highest BCUT2D eigenvalue weighted by atomic mass is 32.2. The molecule has 9 nitrogen and oxygen atoms in total. The second kappa shape index (κ2) is 7.19. The SMILES string of the molecule is O=C(CSc1nnc2c(n1)[nH]c1ccccc12)Nc1ccc(F)c([N+](=O)[O-])c1. The number of fused-ring (bicyclic) bond motifs is 3. The number of nitro benzene ring substituents is 1. The number of hydrogen-bond donors (Lipinski definition) is 2. The van der Waals surface area contributed by atoms with Crippen LogP contribution in [0.15, 0.2) is 47.6 Å². The van der Waals surface area contributed by atoms with Gasteiger partial charge in [0.2, 0.25) is 16.9 Å². The van der Waals surface area contributed by atoms with Crippen molar-refractivity contribution >= 4 is 51.1 Å². The lowest BCUT2D eigenvalue weighted by Crippen LogP contribution is -2.14. The summed E-state index contributed by atoms with van der Waals surface area (Å²) >= 11 is 1.06. The van der Waals surface area contributed by atoms with Crippen molar-refractivity contribution in [2.75, 3.05) is 11.1 Å². The fraction of sp³-hybridized carbons (Fsp3) is 0.0588. The maximum absolute atomic E-state index is 13.3. The van der Waals surface area contributed by atoms with Crippen molar-refractivity contribution in [3.8, 4) is 0 Å². The minimum absolute atomic E-state index is 0.0431. The number of hydrogen-bond acceptors (Lipinski definition) is 7. The third-order valence-electron chi connectivity index (χ3n) is 3.86. The van der Waals surface area contributed by atoms with Gasteiger partial charge in [0, 0.05) is 22.7 Å². The van der Waals surface area contributed by atoms with Gasteiger partial charge in [0.1, 0.15) is 5.52 Å². The second-order valence-electron chi connectivity index (χ2n) is 5.72. The molecule has 2 N–H and O–H groups in total. The van der Waals surface area contributed by atoms with Crippen LogP contribution in [-0.2, 0) is 4.79 Å². The molecule has 0 bridgehead atoms. The number of halogens is 1. The third kappa shape index (κ3) is 3.47. The summed E-state index contributed by atoms with van der Waals surface area (Å²) in [4.78, 5) is 29.5. The van der Waals surface area contributed by atoms with Crippen LogP contribution >= 0.6 is 11.8 Å². The van der Waals surface area contributed by atoms with E-state index in [0.717, 1.165) is 34.8 Å². The lowest BCUT2D eigenvalue weighted by atomic mass is 10.2. The number of nitro groups is 1. The number of amides is 1. The summed E-state index contributed by atoms with van der Waals surface area (Å²) < 4.78 is 13.3. The lowest BCUT2D eigenvalue weighted by Gasteiger charge is -2.05. The summed E-state index contributed by atoms with van der Waals surface area (Å²) in [5.74, 6) is -1.45. The molecule has 0 fully saturated rings. The molecule has 2 heterocycles. The quantitative estimate of drug-likeness (QED) is 0.300. The van der Waals surface area contributed by atoms with Gasteiger partial charge in [0.15, 0.2) is 5.65 Å². The van der Waals surface area contributed by atoms with Gasteiger partial charge in [-0.05, 0) is 18.2 Å². The highest BCUT2D eigenvalue weighted by Gasteiger charge is 2.16. The van der Waals surface area contributed by atoms with Crippen LogP contribution in [0.4, 0.5) is 15.8 Å². The summed E-state index contributed by atoms with van der Waals surface area (Å²) in [7, 11) is 0. The molecule has 0 saturated carbocycles. The summed E-state index contributed by atoms with van der Waals surface area (Å²) in [6.07, 6.45) is 0. The molecule has 0 saturated heterocycles. The molecule has 0 radical (unpaired) electrons. The number of carbonyl (C=O) groups is 1. The number of carbonyl (C=O) groups excluding carboxylic acids is 1. The van der Waals surface area contributed by atoms with E-state index < -0.39 is 22.3 Å². The maximum atomic E-state index is 13.3. The molecule has 2 aromatic carbocycles. The van der Waals surface area contributed by atoms with Crippen LogP contribution in [0, 0.1) is 15.9 Å². The van der Waals surface area contributed by atoms with Crippen molar-refractivity contribution in [2.24, 2.45) is 0 Å². The van der Waals surface area contributed by atoms with Gasteiger partial charge >= 0.3 is 5.69 Å². The summed E-state index contributed by atoms with van der Waals surface area (Å²) in [5, 5.41) is 22.6. The molecule has 0 aliphatic carbocycles. The van der Waals surface area contributed by atoms with Crippen molar-refractivity contribution in [1.82, 2.24) is 20.2 Å². The minimum Gasteiger partial charge on any atom is -0.338 e. The Labute approximate surface area is 160 Å². The first-order valence-corrected chi connectivity index (χ1v) is 8.97. The molecule has 0 atom stereocenters. The molecule has 1 amide bonds. The van der Waals surface area contributed by atoms with Gasteiger partial charge in [0.25, 0.3) is 0 Å². The van der Waals surface area contributed by atoms with E-state index in [4.69, 9.17) is 0 Å². The van der Waals surface area contributed by atoms with Crippen molar-refractivity contribution < 1.29 is 14.1 Å². The Balaban J connectivity index is 1.45. The topological polar surface area (TPSA) is 127 Å². The van der Waals surface area contributed by atoms with E-state index in [9.17, 15) is 19.3 Å². The molecule has 28 heavy (non-hydrogen) atoms. The first kappa shape index (κ1) is 17.8. The Morgan fingerprint density at radius 2 is 2.07 bits per heavy atom. The van der Waals surface area contributed by atoms with Gasteiger partial charge in [-0.2, -0.15) is 4.39 Å². The highest BCUT2D eigenvalue weighted by molar-refractivity contribution is 7.99. The number of rotatable bonds is 5. The number of benzene rings is 2. The fourth-order valence-electron chi connectivity index (χ4n) is 2.62. The van der Waals surface area contributed by atoms with Gasteiger partial charge in [-0.1, -0.05) is 30.0 Å². The van der Waals surface area contributed by atoms with Gasteiger partial charge in [0.05, 0.1) is 10.7 Å². The zero-order valence-electron chi connectivity index (χ0n) is 14.0. The van der Waals surface area contributed by atoms with E-state index in [-0.39, 0.29) is 11.4 Å². The Bertz CT molecular complexity index is 1230. The standard InChI is InChI=1S/C17H11FN6O3S/c18-11-6-5-9(7-13(11)24(26)27)19-14(25)8-28-17-21-16-15(22-23-17)10-3-1-2-4-12(10)20-16/h1-7H,8H2,(H,19,25)(H,20,21,23). The van der Waals surface area contributed by atoms with E-state index in [1.54, 1.807) is 0 Å². The predicted molar refractivity (Wildman–Crippen MR) is 102 cm³/mol. The summed E-state index contributed by atoms with van der Waals surface area (Å²) in [6, 6.07) is 10.7. The van der Waals surface area contributed by atoms with Crippen LogP contribution in [0.1, 0.15) is 0 Å². The third-order valence-corrected chi connectivity index (χ3v) is 4.70. The minimum atomic E-state index is -0.969. The Morgan fingerprint density at radius 3 is 2.89 bits per heavy atom. The molecule has 0 aliphatic heterocycles. The average Bonchev–Trinajstić information content (AvgIpc) is 3.05. The van der Waals surface area contributed by atoms with Crippen molar-refractivity contribution in [3.63, 3.8) is 0 Å². The molecular formula is C17H11FN6O3S. The molecule has 4 rings (SSSR count). The maximum Gasteiger partial charge on any atom is 0.306 e. The first-order chi connectivity index (χ1) is 13.5. The number of nitrogens with zero attached hydrogens (tertiary/aromatic N) is 4. The monoisotopic (exact) mass is 398 g/mol. The fourth-order valence-corrected chi connectivity index (χ4v) is 3.21. The largest absolute Gasteiger partial charge is 0.338 e. The molecule has 0 spiro atoms. The highest BCUT2D eigenvalue weighted by Crippen LogP contribution is 2.24. The number of thioether (sulfide) groups is 1. The van der Waals surface area contributed by atoms with E-state index in [1.807, 2.05) is 24.3 Å². The average molecular weight is 398 g/mol. The van der Waals surface area contributed by atoms with Gasteiger partial charge in [-0.3, -0.25) is 14.9 Å². The molecule has 0 unspecified atom stereocenters. The smallest absolute Gasteiger partial charge is 0.306 e. The normalized spacial score (nSPS) is 11.0. The van der Waals surface area contributed by atoms with E-state index >= 15 is 0 Å². The first-order valence-electron chi connectivity index (χ1n) is 7.99. The Hall–Kier alpha value is -3.60. The molecule has 140 valence electrons. The Kier molecular flexibility index (Phi) is 4.57. The van der Waals surface area contributed by atoms with Crippen molar-refractivity contribution in [3.05, 3.63) is 58.4 Å². The van der Waals surface area contributed by atoms with Crippen LogP contribution < -0.4 is 5.32 Å². The molecule has 0 aliphatic rings. The number of aromatic amines is 1. The molecule has 11 heteroatoms. The number of aromatic nitrogens is 4. The van der Waals surface area contributed by atoms with E-state index in [2.05, 4.69) is 25.5 Å².